The lowest BCUT2D eigenvalue weighted by atomic mass is 10.2. The third-order valence-corrected chi connectivity index (χ3v) is 3.06. The number of anilines is 1. The maximum atomic E-state index is 12.7. The van der Waals surface area contributed by atoms with E-state index in [2.05, 4.69) is 10.6 Å². The summed E-state index contributed by atoms with van der Waals surface area (Å²) >= 11 is 5.46. The summed E-state index contributed by atoms with van der Waals surface area (Å²) in [5.74, 6) is -1.95. The van der Waals surface area contributed by atoms with Crippen LogP contribution < -0.4 is 10.6 Å². The Hall–Kier alpha value is -1.76. The number of carbonyl (C=O) groups excluding carboxylic acids is 2. The lowest BCUT2D eigenvalue weighted by molar-refractivity contribution is -0.137. The first-order chi connectivity index (χ1) is 9.65. The van der Waals surface area contributed by atoms with Crippen LogP contribution in [0.25, 0.3) is 0 Å². The normalized spacial score (nSPS) is 12.7. The van der Waals surface area contributed by atoms with Crippen molar-refractivity contribution in [2.45, 2.75) is 32.5 Å². The summed E-state index contributed by atoms with van der Waals surface area (Å²) in [6, 6.07) is 2.66. The highest BCUT2D eigenvalue weighted by atomic mass is 35.5. The molecule has 2 N–H and O–H groups in total. The third-order valence-electron chi connectivity index (χ3n) is 2.73. The Bertz CT molecular complexity index is 547. The highest BCUT2D eigenvalue weighted by Gasteiger charge is 2.33. The van der Waals surface area contributed by atoms with Crippen molar-refractivity contribution in [3.05, 3.63) is 28.8 Å². The quantitative estimate of drug-likeness (QED) is 0.840. The van der Waals surface area contributed by atoms with E-state index in [1.165, 1.54) is 6.07 Å². The van der Waals surface area contributed by atoms with Gasteiger partial charge in [-0.25, -0.2) is 0 Å². The second kappa shape index (κ2) is 6.80. The van der Waals surface area contributed by atoms with Gasteiger partial charge in [0, 0.05) is 11.7 Å². The summed E-state index contributed by atoms with van der Waals surface area (Å²) in [7, 11) is 0. The molecule has 0 spiro atoms. The summed E-state index contributed by atoms with van der Waals surface area (Å²) in [6.45, 7) is 3.52. The molecule has 1 atom stereocenters. The zero-order valence-corrected chi connectivity index (χ0v) is 12.1. The van der Waals surface area contributed by atoms with Gasteiger partial charge in [-0.3, -0.25) is 9.59 Å². The molecule has 116 valence electrons. The fraction of sp³-hybridized carbons (Fsp3) is 0.385. The number of nitrogens with one attached hydrogen (secondary N) is 2. The summed E-state index contributed by atoms with van der Waals surface area (Å²) in [5.41, 5.74) is -1.24. The molecule has 0 saturated heterocycles. The first-order valence-electron chi connectivity index (χ1n) is 6.13. The molecular weight excluding hydrogens is 309 g/mol. The van der Waals surface area contributed by atoms with Crippen LogP contribution in [-0.4, -0.2) is 17.9 Å². The van der Waals surface area contributed by atoms with Gasteiger partial charge in [0.15, 0.2) is 0 Å². The monoisotopic (exact) mass is 322 g/mol. The average molecular weight is 323 g/mol. The maximum absolute atomic E-state index is 12.7. The van der Waals surface area contributed by atoms with Crippen LogP contribution in [0.1, 0.15) is 25.8 Å². The van der Waals surface area contributed by atoms with Crippen LogP contribution >= 0.6 is 11.6 Å². The van der Waals surface area contributed by atoms with Crippen molar-refractivity contribution >= 4 is 29.1 Å². The maximum Gasteiger partial charge on any atom is 0.417 e. The van der Waals surface area contributed by atoms with Crippen LogP contribution in [-0.2, 0) is 15.8 Å². The zero-order chi connectivity index (χ0) is 16.2. The van der Waals surface area contributed by atoms with Crippen LogP contribution in [0.2, 0.25) is 5.02 Å². The molecule has 1 aromatic carbocycles. The Labute approximate surface area is 124 Å². The van der Waals surface area contributed by atoms with Gasteiger partial charge in [0.2, 0.25) is 0 Å². The van der Waals surface area contributed by atoms with Gasteiger partial charge in [0.05, 0.1) is 10.6 Å². The molecule has 0 saturated carbocycles. The van der Waals surface area contributed by atoms with E-state index in [1.54, 1.807) is 6.92 Å². The van der Waals surface area contributed by atoms with Gasteiger partial charge < -0.3 is 10.6 Å². The predicted molar refractivity (Wildman–Crippen MR) is 73.0 cm³/mol. The molecule has 0 bridgehead atoms. The van der Waals surface area contributed by atoms with Gasteiger partial charge in [0.1, 0.15) is 0 Å². The van der Waals surface area contributed by atoms with Crippen molar-refractivity contribution < 1.29 is 22.8 Å². The molecule has 0 aliphatic carbocycles. The second-order valence-corrected chi connectivity index (χ2v) is 4.84. The van der Waals surface area contributed by atoms with Gasteiger partial charge in [-0.2, -0.15) is 13.2 Å². The molecule has 0 fully saturated rings. The molecule has 21 heavy (non-hydrogen) atoms. The van der Waals surface area contributed by atoms with Crippen molar-refractivity contribution in [2.75, 3.05) is 5.32 Å². The molecular formula is C13H14ClF3N2O2. The highest BCUT2D eigenvalue weighted by Crippen LogP contribution is 2.36. The Balaban J connectivity index is 2.84. The topological polar surface area (TPSA) is 58.2 Å². The molecule has 0 aromatic heterocycles. The van der Waals surface area contributed by atoms with E-state index in [0.717, 1.165) is 6.07 Å². The lowest BCUT2D eigenvalue weighted by Gasteiger charge is -2.13. The first-order valence-corrected chi connectivity index (χ1v) is 6.51. The van der Waals surface area contributed by atoms with Gasteiger partial charge in [-0.1, -0.05) is 18.5 Å². The largest absolute Gasteiger partial charge is 0.417 e. The van der Waals surface area contributed by atoms with Gasteiger partial charge in [-0.15, -0.1) is 0 Å². The molecule has 2 amide bonds. The van der Waals surface area contributed by atoms with Gasteiger partial charge in [-0.05, 0) is 31.5 Å². The number of rotatable bonds is 3. The molecule has 1 rings (SSSR count). The molecule has 1 aromatic rings. The van der Waals surface area contributed by atoms with Crippen LogP contribution in [0.5, 0.6) is 0 Å². The highest BCUT2D eigenvalue weighted by molar-refractivity contribution is 6.39. The van der Waals surface area contributed by atoms with Crippen molar-refractivity contribution in [2.24, 2.45) is 0 Å². The number of benzene rings is 1. The number of halogens is 4. The molecule has 0 heterocycles. The summed E-state index contributed by atoms with van der Waals surface area (Å²) < 4.78 is 38.0. The SMILES string of the molecule is CC[C@@H](C)NC(=O)C(=O)Nc1ccc(Cl)c(C(F)(F)F)c1. The molecule has 4 nitrogen and oxygen atoms in total. The first kappa shape index (κ1) is 17.3. The Morgan fingerprint density at radius 3 is 2.43 bits per heavy atom. The number of hydrogen-bond acceptors (Lipinski definition) is 2. The van der Waals surface area contributed by atoms with Crippen molar-refractivity contribution in [1.82, 2.24) is 5.32 Å². The van der Waals surface area contributed by atoms with E-state index in [0.29, 0.717) is 12.5 Å². The number of alkyl halides is 3. The van der Waals surface area contributed by atoms with E-state index in [1.807, 2.05) is 6.92 Å². The molecule has 0 radical (unpaired) electrons. The van der Waals surface area contributed by atoms with Crippen molar-refractivity contribution in [3.8, 4) is 0 Å². The fourth-order valence-corrected chi connectivity index (χ4v) is 1.62. The molecule has 0 aliphatic heterocycles. The number of hydrogen-bond donors (Lipinski definition) is 2. The standard InChI is InChI=1S/C13H14ClF3N2O2/c1-3-7(2)18-11(20)12(21)19-8-4-5-10(14)9(6-8)13(15,16)17/h4-7H,3H2,1-2H3,(H,18,20)(H,19,21)/t7-/m1/s1. The van der Waals surface area contributed by atoms with Crippen LogP contribution in [0.15, 0.2) is 18.2 Å². The van der Waals surface area contributed by atoms with Crippen LogP contribution in [0.3, 0.4) is 0 Å². The minimum atomic E-state index is -4.64. The van der Waals surface area contributed by atoms with E-state index < -0.39 is 28.6 Å². The second-order valence-electron chi connectivity index (χ2n) is 4.43. The summed E-state index contributed by atoms with van der Waals surface area (Å²) in [4.78, 5) is 23.1. The lowest BCUT2D eigenvalue weighted by Crippen LogP contribution is -2.40. The van der Waals surface area contributed by atoms with Gasteiger partial charge >= 0.3 is 18.0 Å². The number of carbonyl (C=O) groups is 2. The fourth-order valence-electron chi connectivity index (χ4n) is 1.40. The predicted octanol–water partition coefficient (Wildman–Crippen LogP) is 3.21. The smallest absolute Gasteiger partial charge is 0.345 e. The van der Waals surface area contributed by atoms with Crippen LogP contribution in [0.4, 0.5) is 18.9 Å². The zero-order valence-electron chi connectivity index (χ0n) is 11.3. The van der Waals surface area contributed by atoms with Gasteiger partial charge in [0.25, 0.3) is 0 Å². The Morgan fingerprint density at radius 2 is 1.90 bits per heavy atom. The molecule has 0 unspecified atom stereocenters. The van der Waals surface area contributed by atoms with E-state index in [4.69, 9.17) is 11.6 Å². The third kappa shape index (κ3) is 4.93. The van der Waals surface area contributed by atoms with E-state index in [-0.39, 0.29) is 11.7 Å². The number of amides is 2. The minimum Gasteiger partial charge on any atom is -0.345 e. The van der Waals surface area contributed by atoms with E-state index >= 15 is 0 Å². The van der Waals surface area contributed by atoms with E-state index in [9.17, 15) is 22.8 Å². The molecule has 0 aliphatic rings. The van der Waals surface area contributed by atoms with Crippen molar-refractivity contribution in [1.29, 1.82) is 0 Å². The van der Waals surface area contributed by atoms with Crippen LogP contribution in [0, 0.1) is 0 Å². The summed E-state index contributed by atoms with van der Waals surface area (Å²) in [6.07, 6.45) is -4.02. The molecule has 8 heteroatoms. The average Bonchev–Trinajstić information content (AvgIpc) is 2.39. The summed E-state index contributed by atoms with van der Waals surface area (Å²) in [5, 5.41) is 4.03. The minimum absolute atomic E-state index is 0.156. The Kier molecular flexibility index (Phi) is 5.60. The van der Waals surface area contributed by atoms with Crippen molar-refractivity contribution in [3.63, 3.8) is 0 Å². The Morgan fingerprint density at radius 1 is 1.29 bits per heavy atom.